The van der Waals surface area contributed by atoms with E-state index < -0.39 is 15.9 Å². The van der Waals surface area contributed by atoms with Crippen molar-refractivity contribution in [3.63, 3.8) is 0 Å². The number of thioether (sulfide) groups is 1. The van der Waals surface area contributed by atoms with Crippen LogP contribution in [0.15, 0.2) is 41.6 Å². The first-order chi connectivity index (χ1) is 10.2. The summed E-state index contributed by atoms with van der Waals surface area (Å²) in [5.74, 6) is -0.639. The zero-order valence-corrected chi connectivity index (χ0v) is 17.1. The Morgan fingerprint density at radius 3 is 2.50 bits per heavy atom. The second kappa shape index (κ2) is 7.04. The van der Waals surface area contributed by atoms with Crippen molar-refractivity contribution in [1.82, 2.24) is 4.72 Å². The highest BCUT2D eigenvalue weighted by Crippen LogP contribution is 2.36. The molecule has 1 heterocycles. The van der Waals surface area contributed by atoms with Crippen LogP contribution in [0.25, 0.3) is 0 Å². The van der Waals surface area contributed by atoms with E-state index in [1.54, 1.807) is 31.2 Å². The molecular weight excluding hydrogens is 474 g/mol. The van der Waals surface area contributed by atoms with Gasteiger partial charge in [-0.2, -0.15) is 0 Å². The molecule has 0 aliphatic carbocycles. The highest BCUT2D eigenvalue weighted by Gasteiger charge is 2.23. The molecule has 9 heteroatoms. The van der Waals surface area contributed by atoms with Crippen LogP contribution in [0.4, 0.5) is 0 Å². The van der Waals surface area contributed by atoms with E-state index in [1.807, 2.05) is 6.26 Å². The van der Waals surface area contributed by atoms with Crippen molar-refractivity contribution in [1.29, 1.82) is 0 Å². The van der Waals surface area contributed by atoms with Gasteiger partial charge in [-0.05, 0) is 58.9 Å². The summed E-state index contributed by atoms with van der Waals surface area (Å²) >= 11 is 9.13. The molecule has 1 amide bonds. The van der Waals surface area contributed by atoms with E-state index in [0.717, 1.165) is 24.5 Å². The zero-order chi connectivity index (χ0) is 16.5. The van der Waals surface area contributed by atoms with E-state index in [9.17, 15) is 13.2 Å². The number of rotatable bonds is 4. The fourth-order valence-corrected chi connectivity index (χ4v) is 6.61. The van der Waals surface area contributed by atoms with Gasteiger partial charge in [0.25, 0.3) is 15.9 Å². The predicted molar refractivity (Wildman–Crippen MR) is 97.3 cm³/mol. The van der Waals surface area contributed by atoms with Crippen LogP contribution in [-0.4, -0.2) is 20.6 Å². The third-order valence-electron chi connectivity index (χ3n) is 2.78. The number of benzene rings is 1. The van der Waals surface area contributed by atoms with E-state index in [0.29, 0.717) is 11.1 Å². The van der Waals surface area contributed by atoms with Gasteiger partial charge in [-0.1, -0.05) is 15.9 Å². The second-order valence-electron chi connectivity index (χ2n) is 4.30. The van der Waals surface area contributed by atoms with Crippen LogP contribution >= 0.6 is 55.0 Å². The van der Waals surface area contributed by atoms with Crippen molar-refractivity contribution in [3.8, 4) is 0 Å². The van der Waals surface area contributed by atoms with Gasteiger partial charge in [0.1, 0.15) is 4.21 Å². The molecule has 118 valence electrons. The van der Waals surface area contributed by atoms with E-state index in [1.165, 1.54) is 11.8 Å². The molecular formula is C13H11Br2NO3S3. The minimum atomic E-state index is -3.88. The summed E-state index contributed by atoms with van der Waals surface area (Å²) in [4.78, 5) is 13.0. The van der Waals surface area contributed by atoms with Crippen LogP contribution < -0.4 is 4.72 Å². The van der Waals surface area contributed by atoms with E-state index in [4.69, 9.17) is 0 Å². The molecule has 1 aromatic carbocycles. The summed E-state index contributed by atoms with van der Waals surface area (Å²) in [5.41, 5.74) is 1.02. The Morgan fingerprint density at radius 2 is 1.95 bits per heavy atom. The van der Waals surface area contributed by atoms with E-state index in [2.05, 4.69) is 36.6 Å². The van der Waals surface area contributed by atoms with Gasteiger partial charge in [0.05, 0.1) is 3.79 Å². The molecule has 0 bridgehead atoms. The molecule has 22 heavy (non-hydrogen) atoms. The Bertz CT molecular complexity index is 831. The summed E-state index contributed by atoms with van der Waals surface area (Å²) in [6.45, 7) is 1.75. The maximum atomic E-state index is 12.3. The van der Waals surface area contributed by atoms with Crippen LogP contribution in [0, 0.1) is 6.92 Å². The van der Waals surface area contributed by atoms with Gasteiger partial charge in [-0.3, -0.25) is 4.79 Å². The van der Waals surface area contributed by atoms with Gasteiger partial charge in [-0.25, -0.2) is 13.1 Å². The van der Waals surface area contributed by atoms with Gasteiger partial charge in [0.2, 0.25) is 0 Å². The quantitative estimate of drug-likeness (QED) is 0.652. The Hall–Kier alpha value is -0.350. The number of hydrogen-bond acceptors (Lipinski definition) is 5. The average Bonchev–Trinajstić information content (AvgIpc) is 2.80. The van der Waals surface area contributed by atoms with E-state index >= 15 is 0 Å². The third-order valence-corrected chi connectivity index (χ3v) is 8.07. The highest BCUT2D eigenvalue weighted by atomic mass is 79.9. The number of halogens is 2. The number of thiophene rings is 1. The standard InChI is InChI=1S/C13H11Br2NO3S3/c1-7-5-8(14)3-4-9(7)13(17)16-22(18,19)11-6-10(20-2)12(15)21-11/h3-6H,1-2H3,(H,16,17). The molecule has 0 radical (unpaired) electrons. The SMILES string of the molecule is CSc1cc(S(=O)(=O)NC(=O)c2ccc(Br)cc2C)sc1Br. The maximum absolute atomic E-state index is 12.3. The molecule has 0 spiro atoms. The molecule has 0 unspecified atom stereocenters. The molecule has 1 N–H and O–H groups in total. The lowest BCUT2D eigenvalue weighted by atomic mass is 10.1. The largest absolute Gasteiger partial charge is 0.273 e. The summed E-state index contributed by atoms with van der Waals surface area (Å²) < 4.78 is 28.4. The molecule has 0 aliphatic heterocycles. The zero-order valence-electron chi connectivity index (χ0n) is 11.5. The molecule has 2 rings (SSSR count). The molecule has 0 aliphatic rings. The molecule has 1 aromatic heterocycles. The first kappa shape index (κ1) is 18.0. The number of carbonyl (C=O) groups excluding carboxylic acids is 1. The topological polar surface area (TPSA) is 63.2 Å². The van der Waals surface area contributed by atoms with Crippen LogP contribution in [0.1, 0.15) is 15.9 Å². The summed E-state index contributed by atoms with van der Waals surface area (Å²) in [6, 6.07) is 6.59. The second-order valence-corrected chi connectivity index (χ2v) is 10.3. The monoisotopic (exact) mass is 483 g/mol. The summed E-state index contributed by atoms with van der Waals surface area (Å²) in [5, 5.41) is 0. The van der Waals surface area contributed by atoms with Gasteiger partial charge in [0, 0.05) is 14.9 Å². The summed E-state index contributed by atoms with van der Waals surface area (Å²) in [7, 11) is -3.88. The smallest absolute Gasteiger partial charge is 0.268 e. The van der Waals surface area contributed by atoms with Crippen LogP contribution in [0.2, 0.25) is 0 Å². The van der Waals surface area contributed by atoms with Gasteiger partial charge >= 0.3 is 0 Å². The molecule has 4 nitrogen and oxygen atoms in total. The Balaban J connectivity index is 2.29. The lowest BCUT2D eigenvalue weighted by Crippen LogP contribution is -2.30. The predicted octanol–water partition coefficient (Wildman–Crippen LogP) is 4.42. The number of hydrogen-bond donors (Lipinski definition) is 1. The first-order valence-electron chi connectivity index (χ1n) is 5.91. The summed E-state index contributed by atoms with van der Waals surface area (Å²) in [6.07, 6.45) is 1.85. The Labute approximate surface area is 154 Å². The maximum Gasteiger partial charge on any atom is 0.273 e. The van der Waals surface area contributed by atoms with Crippen molar-refractivity contribution in [3.05, 3.63) is 43.7 Å². The van der Waals surface area contributed by atoms with Crippen molar-refractivity contribution < 1.29 is 13.2 Å². The molecule has 0 fully saturated rings. The fraction of sp³-hybridized carbons (Fsp3) is 0.154. The van der Waals surface area contributed by atoms with Crippen LogP contribution in [-0.2, 0) is 10.0 Å². The van der Waals surface area contributed by atoms with E-state index in [-0.39, 0.29) is 4.21 Å². The van der Waals surface area contributed by atoms with Crippen LogP contribution in [0.3, 0.4) is 0 Å². The number of sulfonamides is 1. The van der Waals surface area contributed by atoms with Gasteiger partial charge in [-0.15, -0.1) is 23.1 Å². The number of amides is 1. The van der Waals surface area contributed by atoms with Crippen molar-refractivity contribution >= 4 is 70.9 Å². The van der Waals surface area contributed by atoms with Gasteiger partial charge < -0.3 is 0 Å². The van der Waals surface area contributed by atoms with Crippen molar-refractivity contribution in [2.45, 2.75) is 16.0 Å². The minimum absolute atomic E-state index is 0.104. The Kier molecular flexibility index (Phi) is 5.76. The fourth-order valence-electron chi connectivity index (χ4n) is 1.71. The van der Waals surface area contributed by atoms with Crippen LogP contribution in [0.5, 0.6) is 0 Å². The number of carbonyl (C=O) groups is 1. The molecule has 2 aromatic rings. The minimum Gasteiger partial charge on any atom is -0.268 e. The normalized spacial score (nSPS) is 11.5. The lowest BCUT2D eigenvalue weighted by molar-refractivity contribution is 0.0981. The van der Waals surface area contributed by atoms with Crippen molar-refractivity contribution in [2.75, 3.05) is 6.26 Å². The third kappa shape index (κ3) is 3.94. The highest BCUT2D eigenvalue weighted by molar-refractivity contribution is 9.11. The van der Waals surface area contributed by atoms with Crippen molar-refractivity contribution in [2.24, 2.45) is 0 Å². The molecule has 0 saturated carbocycles. The van der Waals surface area contributed by atoms with Gasteiger partial charge in [0.15, 0.2) is 0 Å². The molecule has 0 atom stereocenters. The number of nitrogens with one attached hydrogen (secondary N) is 1. The number of aryl methyl sites for hydroxylation is 1. The lowest BCUT2D eigenvalue weighted by Gasteiger charge is -2.07. The average molecular weight is 485 g/mol. The first-order valence-corrected chi connectivity index (χ1v) is 11.0. The Morgan fingerprint density at radius 1 is 1.27 bits per heavy atom. The molecule has 0 saturated heterocycles.